The number of aromatic nitrogens is 3. The average molecular weight is 462 g/mol. The minimum Gasteiger partial charge on any atom is -0.383 e. The summed E-state index contributed by atoms with van der Waals surface area (Å²) in [6.45, 7) is 0.358. The summed E-state index contributed by atoms with van der Waals surface area (Å²) in [7, 11) is 0. The summed E-state index contributed by atoms with van der Waals surface area (Å²) in [4.78, 5) is 21.7. The average Bonchev–Trinajstić information content (AvgIpc) is 3.14. The lowest BCUT2D eigenvalue weighted by molar-refractivity contribution is 0.0941. The van der Waals surface area contributed by atoms with Gasteiger partial charge < -0.3 is 11.1 Å². The second kappa shape index (κ2) is 8.15. The molecule has 0 atom stereocenters. The Morgan fingerprint density at radius 1 is 0.938 bits per heavy atom. The van der Waals surface area contributed by atoms with Crippen LogP contribution < -0.4 is 11.1 Å². The van der Waals surface area contributed by atoms with Crippen molar-refractivity contribution in [2.45, 2.75) is 6.54 Å². The van der Waals surface area contributed by atoms with Crippen molar-refractivity contribution in [2.75, 3.05) is 5.73 Å². The lowest BCUT2D eigenvalue weighted by Crippen LogP contribution is -2.25. The van der Waals surface area contributed by atoms with E-state index in [0.717, 1.165) is 22.2 Å². The zero-order chi connectivity index (χ0) is 22.2. The fourth-order valence-electron chi connectivity index (χ4n) is 3.72. The highest BCUT2D eigenvalue weighted by atomic mass is 35.5. The molecular weight excluding hydrogens is 445 g/mol. The van der Waals surface area contributed by atoms with Gasteiger partial charge >= 0.3 is 0 Å². The smallest absolute Gasteiger partial charge is 0.289 e. The number of rotatable bonds is 4. The minimum atomic E-state index is -0.409. The van der Waals surface area contributed by atoms with E-state index >= 15 is 0 Å². The largest absolute Gasteiger partial charge is 0.383 e. The van der Waals surface area contributed by atoms with E-state index in [-0.39, 0.29) is 11.6 Å². The summed E-state index contributed by atoms with van der Waals surface area (Å²) >= 11 is 12.4. The predicted octanol–water partition coefficient (Wildman–Crippen LogP) is 5.39. The Morgan fingerprint density at radius 2 is 1.69 bits per heavy atom. The first-order valence-corrected chi connectivity index (χ1v) is 10.6. The van der Waals surface area contributed by atoms with Crippen LogP contribution in [0.15, 0.2) is 72.8 Å². The van der Waals surface area contributed by atoms with Gasteiger partial charge in [-0.15, -0.1) is 0 Å². The Morgan fingerprint density at radius 3 is 2.47 bits per heavy atom. The van der Waals surface area contributed by atoms with Gasteiger partial charge in [-0.25, -0.2) is 9.97 Å². The van der Waals surface area contributed by atoms with E-state index in [9.17, 15) is 4.79 Å². The number of nitrogens with two attached hydrogens (primary N) is 1. The molecule has 0 aliphatic heterocycles. The third-order valence-electron chi connectivity index (χ3n) is 5.20. The SMILES string of the molecule is Nc1nc(C(=O)NCc2ccccc2)nc2c1c1ccccc1n2-c1ccc(Cl)c(Cl)c1. The molecule has 6 nitrogen and oxygen atoms in total. The van der Waals surface area contributed by atoms with Gasteiger partial charge in [-0.1, -0.05) is 71.7 Å². The van der Waals surface area contributed by atoms with Gasteiger partial charge in [-0.3, -0.25) is 9.36 Å². The van der Waals surface area contributed by atoms with E-state index in [2.05, 4.69) is 15.3 Å². The molecule has 2 heterocycles. The number of halogens is 2. The molecule has 0 fully saturated rings. The highest BCUT2D eigenvalue weighted by Gasteiger charge is 2.20. The van der Waals surface area contributed by atoms with Gasteiger partial charge in [0.25, 0.3) is 5.91 Å². The minimum absolute atomic E-state index is 0.00459. The van der Waals surface area contributed by atoms with Crippen molar-refractivity contribution in [3.05, 3.63) is 94.2 Å². The van der Waals surface area contributed by atoms with Crippen molar-refractivity contribution in [1.29, 1.82) is 0 Å². The number of benzene rings is 3. The predicted molar refractivity (Wildman–Crippen MR) is 128 cm³/mol. The monoisotopic (exact) mass is 461 g/mol. The van der Waals surface area contributed by atoms with Crippen molar-refractivity contribution in [2.24, 2.45) is 0 Å². The molecule has 0 unspecified atom stereocenters. The van der Waals surface area contributed by atoms with Gasteiger partial charge in [-0.2, -0.15) is 0 Å². The summed E-state index contributed by atoms with van der Waals surface area (Å²) in [5.74, 6) is -0.182. The zero-order valence-corrected chi connectivity index (χ0v) is 18.2. The van der Waals surface area contributed by atoms with E-state index in [0.29, 0.717) is 27.6 Å². The van der Waals surface area contributed by atoms with Gasteiger partial charge in [0.1, 0.15) is 5.82 Å². The zero-order valence-electron chi connectivity index (χ0n) is 16.7. The molecule has 0 bridgehead atoms. The van der Waals surface area contributed by atoms with Crippen LogP contribution in [-0.2, 0) is 6.54 Å². The van der Waals surface area contributed by atoms with Gasteiger partial charge in [-0.05, 0) is 29.8 Å². The Labute approximate surface area is 193 Å². The number of nitrogens with one attached hydrogen (secondary N) is 1. The summed E-state index contributed by atoms with van der Waals surface area (Å²) in [6, 6.07) is 22.7. The molecule has 2 aromatic heterocycles. The first-order chi connectivity index (χ1) is 15.5. The van der Waals surface area contributed by atoms with E-state index in [1.807, 2.05) is 65.2 Å². The number of anilines is 1. The molecule has 8 heteroatoms. The van der Waals surface area contributed by atoms with Crippen LogP contribution in [-0.4, -0.2) is 20.4 Å². The number of hydrogen-bond acceptors (Lipinski definition) is 4. The topological polar surface area (TPSA) is 85.8 Å². The molecule has 3 N–H and O–H groups in total. The number of amides is 1. The quantitative estimate of drug-likeness (QED) is 0.375. The van der Waals surface area contributed by atoms with Crippen molar-refractivity contribution in [3.63, 3.8) is 0 Å². The second-order valence-electron chi connectivity index (χ2n) is 7.25. The normalized spacial score (nSPS) is 11.2. The van der Waals surface area contributed by atoms with Gasteiger partial charge in [0.2, 0.25) is 5.82 Å². The first kappa shape index (κ1) is 20.3. The molecule has 0 aliphatic carbocycles. The number of hydrogen-bond donors (Lipinski definition) is 2. The molecule has 32 heavy (non-hydrogen) atoms. The van der Waals surface area contributed by atoms with Gasteiger partial charge in [0.15, 0.2) is 5.65 Å². The number of nitrogen functional groups attached to an aromatic ring is 1. The number of carbonyl (C=O) groups excluding carboxylic acids is 1. The van der Waals surface area contributed by atoms with E-state index in [4.69, 9.17) is 28.9 Å². The number of para-hydroxylation sites is 1. The molecule has 0 aliphatic rings. The molecule has 3 aromatic carbocycles. The fourth-order valence-corrected chi connectivity index (χ4v) is 4.02. The highest BCUT2D eigenvalue weighted by Crippen LogP contribution is 2.35. The fraction of sp³-hybridized carbons (Fsp3) is 0.0417. The Hall–Kier alpha value is -3.61. The number of fused-ring (bicyclic) bond motifs is 3. The van der Waals surface area contributed by atoms with Crippen LogP contribution in [0.2, 0.25) is 10.0 Å². The van der Waals surface area contributed by atoms with Gasteiger partial charge in [0, 0.05) is 17.6 Å². The van der Waals surface area contributed by atoms with Crippen molar-refractivity contribution in [1.82, 2.24) is 19.9 Å². The van der Waals surface area contributed by atoms with Gasteiger partial charge in [0.05, 0.1) is 20.9 Å². The Kier molecular flexibility index (Phi) is 5.17. The summed E-state index contributed by atoms with van der Waals surface area (Å²) in [6.07, 6.45) is 0. The van der Waals surface area contributed by atoms with Crippen LogP contribution in [0.4, 0.5) is 5.82 Å². The molecule has 0 saturated carbocycles. The van der Waals surface area contributed by atoms with Crippen LogP contribution in [0.3, 0.4) is 0 Å². The van der Waals surface area contributed by atoms with Crippen molar-refractivity contribution >= 4 is 56.9 Å². The Balaban J connectivity index is 1.66. The first-order valence-electron chi connectivity index (χ1n) is 9.87. The van der Waals surface area contributed by atoms with E-state index in [1.54, 1.807) is 12.1 Å². The van der Waals surface area contributed by atoms with Crippen LogP contribution >= 0.6 is 23.2 Å². The standard InChI is InChI=1S/C24H17Cl2N5O/c25-17-11-10-15(12-18(17)26)31-19-9-5-4-8-16(19)20-21(27)29-22(30-23(20)31)24(32)28-13-14-6-2-1-3-7-14/h1-12H,13H2,(H,28,32)(H2,27,29,30). The summed E-state index contributed by atoms with van der Waals surface area (Å²) in [5.41, 5.74) is 9.42. The lowest BCUT2D eigenvalue weighted by atomic mass is 10.2. The van der Waals surface area contributed by atoms with Crippen LogP contribution in [0.1, 0.15) is 16.2 Å². The number of nitrogens with zero attached hydrogens (tertiary/aromatic N) is 3. The molecular formula is C24H17Cl2N5O. The molecule has 0 radical (unpaired) electrons. The summed E-state index contributed by atoms with van der Waals surface area (Å²) in [5, 5.41) is 5.26. The Bertz CT molecular complexity index is 1480. The molecule has 5 aromatic rings. The van der Waals surface area contributed by atoms with Crippen molar-refractivity contribution < 1.29 is 4.79 Å². The van der Waals surface area contributed by atoms with Crippen LogP contribution in [0.5, 0.6) is 0 Å². The molecule has 0 spiro atoms. The van der Waals surface area contributed by atoms with Crippen LogP contribution in [0, 0.1) is 0 Å². The maximum Gasteiger partial charge on any atom is 0.289 e. The second-order valence-corrected chi connectivity index (χ2v) is 8.06. The third kappa shape index (κ3) is 3.53. The van der Waals surface area contributed by atoms with E-state index < -0.39 is 5.91 Å². The number of carbonyl (C=O) groups is 1. The maximum atomic E-state index is 12.8. The summed E-state index contributed by atoms with van der Waals surface area (Å²) < 4.78 is 1.90. The highest BCUT2D eigenvalue weighted by molar-refractivity contribution is 6.42. The lowest BCUT2D eigenvalue weighted by Gasteiger charge is -2.10. The molecule has 0 saturated heterocycles. The molecule has 5 rings (SSSR count). The third-order valence-corrected chi connectivity index (χ3v) is 5.94. The molecule has 1 amide bonds. The van der Waals surface area contributed by atoms with E-state index in [1.165, 1.54) is 0 Å². The maximum absolute atomic E-state index is 12.8. The van der Waals surface area contributed by atoms with Crippen molar-refractivity contribution in [3.8, 4) is 5.69 Å². The molecule has 158 valence electrons. The van der Waals surface area contributed by atoms with Crippen LogP contribution in [0.25, 0.3) is 27.6 Å².